The van der Waals surface area contributed by atoms with E-state index in [1.54, 1.807) is 0 Å². The molecule has 16 heavy (non-hydrogen) atoms. The van der Waals surface area contributed by atoms with Gasteiger partial charge in [-0.15, -0.1) is 0 Å². The van der Waals surface area contributed by atoms with Crippen molar-refractivity contribution in [1.29, 1.82) is 0 Å². The zero-order valence-electron chi connectivity index (χ0n) is 10.7. The van der Waals surface area contributed by atoms with E-state index in [1.165, 1.54) is 38.5 Å². The number of hydrogen-bond acceptors (Lipinski definition) is 2. The predicted molar refractivity (Wildman–Crippen MR) is 66.8 cm³/mol. The van der Waals surface area contributed by atoms with Crippen molar-refractivity contribution in [2.75, 3.05) is 0 Å². The molecule has 4 saturated carbocycles. The molecule has 4 bridgehead atoms. The normalized spacial score (nSPS) is 54.0. The van der Waals surface area contributed by atoms with E-state index in [4.69, 9.17) is 11.5 Å². The maximum Gasteiger partial charge on any atom is 0.00674 e. The van der Waals surface area contributed by atoms with Gasteiger partial charge in [-0.05, 0) is 75.0 Å². The van der Waals surface area contributed by atoms with Crippen LogP contribution in [0, 0.1) is 22.7 Å². The fraction of sp³-hybridized carbons (Fsp3) is 1.00. The van der Waals surface area contributed by atoms with Gasteiger partial charge in [0.1, 0.15) is 0 Å². The largest absolute Gasteiger partial charge is 0.327 e. The van der Waals surface area contributed by atoms with E-state index in [9.17, 15) is 0 Å². The molecule has 4 rings (SSSR count). The van der Waals surface area contributed by atoms with Gasteiger partial charge in [0.05, 0.1) is 0 Å². The Morgan fingerprint density at radius 1 is 0.875 bits per heavy atom. The molecule has 0 radical (unpaired) electrons. The summed E-state index contributed by atoms with van der Waals surface area (Å²) in [5.74, 6) is 1.86. The highest BCUT2D eigenvalue weighted by molar-refractivity contribution is 5.11. The average Bonchev–Trinajstić information content (AvgIpc) is 2.14. The fourth-order valence-corrected chi connectivity index (χ4v) is 5.47. The van der Waals surface area contributed by atoms with Gasteiger partial charge >= 0.3 is 0 Å². The first-order valence-electron chi connectivity index (χ1n) is 6.97. The molecule has 4 atom stereocenters. The Labute approximate surface area is 99.1 Å². The van der Waals surface area contributed by atoms with Crippen molar-refractivity contribution in [2.24, 2.45) is 34.1 Å². The predicted octanol–water partition coefficient (Wildman–Crippen LogP) is 2.27. The second-order valence-electron chi connectivity index (χ2n) is 7.26. The Morgan fingerprint density at radius 2 is 1.25 bits per heavy atom. The third-order valence-electron chi connectivity index (χ3n) is 6.08. The quantitative estimate of drug-likeness (QED) is 0.753. The van der Waals surface area contributed by atoms with Crippen LogP contribution in [0.1, 0.15) is 52.4 Å². The van der Waals surface area contributed by atoms with Crippen LogP contribution >= 0.6 is 0 Å². The summed E-state index contributed by atoms with van der Waals surface area (Å²) in [5.41, 5.74) is 13.5. The fourth-order valence-electron chi connectivity index (χ4n) is 5.47. The maximum atomic E-state index is 6.31. The van der Waals surface area contributed by atoms with E-state index in [2.05, 4.69) is 13.8 Å². The molecule has 0 aromatic rings. The van der Waals surface area contributed by atoms with E-state index in [0.29, 0.717) is 22.9 Å². The molecule has 0 spiro atoms. The smallest absolute Gasteiger partial charge is 0.00674 e. The van der Waals surface area contributed by atoms with Crippen molar-refractivity contribution in [3.8, 4) is 0 Å². The van der Waals surface area contributed by atoms with Gasteiger partial charge in [0, 0.05) is 12.1 Å². The van der Waals surface area contributed by atoms with E-state index in [1.807, 2.05) is 0 Å². The van der Waals surface area contributed by atoms with Crippen LogP contribution in [0.5, 0.6) is 0 Å². The Balaban J connectivity index is 1.97. The van der Waals surface area contributed by atoms with Crippen LogP contribution in [-0.4, -0.2) is 12.1 Å². The third-order valence-corrected chi connectivity index (χ3v) is 6.08. The first kappa shape index (κ1) is 11.0. The van der Waals surface area contributed by atoms with Crippen LogP contribution in [0.15, 0.2) is 0 Å². The summed E-state index contributed by atoms with van der Waals surface area (Å²) in [4.78, 5) is 0. The van der Waals surface area contributed by atoms with E-state index in [-0.39, 0.29) is 0 Å². The summed E-state index contributed by atoms with van der Waals surface area (Å²) in [5, 5.41) is 0. The zero-order valence-corrected chi connectivity index (χ0v) is 10.7. The zero-order chi connectivity index (χ0) is 11.6. The van der Waals surface area contributed by atoms with Crippen molar-refractivity contribution in [1.82, 2.24) is 0 Å². The molecule has 2 unspecified atom stereocenters. The molecule has 4 aliphatic rings. The van der Waals surface area contributed by atoms with Crippen molar-refractivity contribution < 1.29 is 0 Å². The summed E-state index contributed by atoms with van der Waals surface area (Å²) < 4.78 is 0. The minimum atomic E-state index is 0.358. The minimum absolute atomic E-state index is 0.358. The van der Waals surface area contributed by atoms with E-state index < -0.39 is 0 Å². The summed E-state index contributed by atoms with van der Waals surface area (Å²) in [6.45, 7) is 4.45. The topological polar surface area (TPSA) is 52.0 Å². The van der Waals surface area contributed by atoms with Gasteiger partial charge in [-0.2, -0.15) is 0 Å². The molecule has 2 heteroatoms. The van der Waals surface area contributed by atoms with Gasteiger partial charge in [0.15, 0.2) is 0 Å². The molecule has 0 aliphatic heterocycles. The Morgan fingerprint density at radius 3 is 1.56 bits per heavy atom. The SMILES string of the molecule is C[C@H](N)C12CC3CC(C1)CC([C@@H](C)N)(C3)C2. The average molecular weight is 222 g/mol. The first-order chi connectivity index (χ1) is 7.46. The molecular weight excluding hydrogens is 196 g/mol. The Hall–Kier alpha value is -0.0800. The second-order valence-corrected chi connectivity index (χ2v) is 7.26. The highest BCUT2D eigenvalue weighted by Gasteiger charge is 2.59. The molecule has 0 saturated heterocycles. The lowest BCUT2D eigenvalue weighted by Gasteiger charge is -2.64. The number of hydrogen-bond donors (Lipinski definition) is 2. The van der Waals surface area contributed by atoms with Gasteiger partial charge in [0.25, 0.3) is 0 Å². The van der Waals surface area contributed by atoms with Gasteiger partial charge in [0.2, 0.25) is 0 Å². The van der Waals surface area contributed by atoms with Crippen LogP contribution in [-0.2, 0) is 0 Å². The molecule has 2 nitrogen and oxygen atoms in total. The van der Waals surface area contributed by atoms with Crippen molar-refractivity contribution in [3.05, 3.63) is 0 Å². The maximum absolute atomic E-state index is 6.31. The number of nitrogens with two attached hydrogens (primary N) is 2. The second kappa shape index (κ2) is 3.23. The molecule has 92 valence electrons. The standard InChI is InChI=1S/C14H26N2/c1-9(15)13-4-11-3-12(5-13)7-14(6-11,8-13)10(2)16/h9-12H,3-8,15-16H2,1-2H3/t9-,10+,11?,12?,13?,14?. The monoisotopic (exact) mass is 222 g/mol. The Bertz CT molecular complexity index is 255. The van der Waals surface area contributed by atoms with Crippen molar-refractivity contribution in [2.45, 2.75) is 64.5 Å². The van der Waals surface area contributed by atoms with Crippen molar-refractivity contribution >= 4 is 0 Å². The Kier molecular flexibility index (Phi) is 2.23. The summed E-state index contributed by atoms with van der Waals surface area (Å²) in [6.07, 6.45) is 8.31. The van der Waals surface area contributed by atoms with Crippen LogP contribution in [0.3, 0.4) is 0 Å². The van der Waals surface area contributed by atoms with Crippen LogP contribution in [0.25, 0.3) is 0 Å². The molecule has 0 aromatic carbocycles. The molecule has 0 heterocycles. The van der Waals surface area contributed by atoms with Gasteiger partial charge in [-0.3, -0.25) is 0 Å². The van der Waals surface area contributed by atoms with Gasteiger partial charge in [-0.25, -0.2) is 0 Å². The third kappa shape index (κ3) is 1.32. The summed E-state index contributed by atoms with van der Waals surface area (Å²) in [7, 11) is 0. The van der Waals surface area contributed by atoms with Gasteiger partial charge in [-0.1, -0.05) is 0 Å². The van der Waals surface area contributed by atoms with E-state index in [0.717, 1.165) is 11.8 Å². The minimum Gasteiger partial charge on any atom is -0.327 e. The van der Waals surface area contributed by atoms with Crippen LogP contribution in [0.4, 0.5) is 0 Å². The molecule has 4 aliphatic carbocycles. The summed E-state index contributed by atoms with van der Waals surface area (Å²) in [6, 6.07) is 0.716. The molecule has 0 aromatic heterocycles. The molecule has 4 fully saturated rings. The van der Waals surface area contributed by atoms with Crippen LogP contribution in [0.2, 0.25) is 0 Å². The van der Waals surface area contributed by atoms with Gasteiger partial charge < -0.3 is 11.5 Å². The molecule has 4 N–H and O–H groups in total. The van der Waals surface area contributed by atoms with Crippen LogP contribution < -0.4 is 11.5 Å². The lowest BCUT2D eigenvalue weighted by Crippen LogP contribution is -2.61. The number of rotatable bonds is 2. The lowest BCUT2D eigenvalue weighted by atomic mass is 9.41. The molecular formula is C14H26N2. The highest BCUT2D eigenvalue weighted by Crippen LogP contribution is 2.66. The summed E-state index contributed by atoms with van der Waals surface area (Å²) >= 11 is 0. The van der Waals surface area contributed by atoms with E-state index >= 15 is 0 Å². The molecule has 0 amide bonds. The van der Waals surface area contributed by atoms with Crippen molar-refractivity contribution in [3.63, 3.8) is 0 Å². The highest BCUT2D eigenvalue weighted by atomic mass is 14.8. The first-order valence-corrected chi connectivity index (χ1v) is 6.97. The lowest BCUT2D eigenvalue weighted by molar-refractivity contribution is -0.126.